The van der Waals surface area contributed by atoms with Gasteiger partial charge in [0.15, 0.2) is 0 Å². The maximum Gasteiger partial charge on any atom is 0.0278 e. The second-order valence-electron chi connectivity index (χ2n) is 6.22. The molecule has 0 spiro atoms. The Morgan fingerprint density at radius 3 is 2.75 bits per heavy atom. The van der Waals surface area contributed by atoms with E-state index in [0.29, 0.717) is 6.04 Å². The first kappa shape index (κ1) is 15.9. The molecular weight excluding hydrogens is 264 g/mol. The number of thioether (sulfide) groups is 1. The van der Waals surface area contributed by atoms with Crippen molar-refractivity contribution in [2.75, 3.05) is 31.1 Å². The van der Waals surface area contributed by atoms with E-state index in [1.807, 2.05) is 11.8 Å². The molecule has 1 aromatic carbocycles. The van der Waals surface area contributed by atoms with Gasteiger partial charge in [-0.25, -0.2) is 0 Å². The maximum atomic E-state index is 3.73. The van der Waals surface area contributed by atoms with Gasteiger partial charge in [0, 0.05) is 37.0 Å². The summed E-state index contributed by atoms with van der Waals surface area (Å²) in [5.41, 5.74) is 1.72. The average Bonchev–Trinajstić information content (AvgIpc) is 2.44. The van der Waals surface area contributed by atoms with Crippen LogP contribution in [0.25, 0.3) is 0 Å². The van der Waals surface area contributed by atoms with Gasteiger partial charge in [0.1, 0.15) is 0 Å². The molecule has 1 fully saturated rings. The van der Waals surface area contributed by atoms with Crippen LogP contribution in [0.1, 0.15) is 26.3 Å². The number of hydrogen-bond acceptors (Lipinski definition) is 3. The fraction of sp³-hybridized carbons (Fsp3) is 0.647. The van der Waals surface area contributed by atoms with Crippen molar-refractivity contribution in [2.45, 2.75) is 38.8 Å². The summed E-state index contributed by atoms with van der Waals surface area (Å²) in [7, 11) is 0. The minimum atomic E-state index is 0.279. The Balaban J connectivity index is 1.90. The van der Waals surface area contributed by atoms with E-state index in [4.69, 9.17) is 0 Å². The third-order valence-electron chi connectivity index (χ3n) is 4.15. The Kier molecular flexibility index (Phi) is 5.94. The topological polar surface area (TPSA) is 15.3 Å². The van der Waals surface area contributed by atoms with Crippen molar-refractivity contribution in [3.63, 3.8) is 0 Å². The lowest BCUT2D eigenvalue weighted by atomic mass is 9.95. The van der Waals surface area contributed by atoms with E-state index in [1.165, 1.54) is 23.6 Å². The Morgan fingerprint density at radius 2 is 2.05 bits per heavy atom. The van der Waals surface area contributed by atoms with Gasteiger partial charge in [0.05, 0.1) is 0 Å². The third kappa shape index (κ3) is 4.51. The van der Waals surface area contributed by atoms with Crippen LogP contribution in [0.3, 0.4) is 0 Å². The number of nitrogens with one attached hydrogen (secondary N) is 1. The number of hydrogen-bond donors (Lipinski definition) is 1. The van der Waals surface area contributed by atoms with E-state index in [1.54, 1.807) is 0 Å². The SMILES string of the molecule is CCSCCN1CC(Cc2ccccc2)NCC1(C)C. The van der Waals surface area contributed by atoms with Crippen LogP contribution < -0.4 is 5.32 Å². The normalized spacial score (nSPS) is 22.9. The molecule has 1 aliphatic rings. The van der Waals surface area contributed by atoms with Crippen molar-refractivity contribution >= 4 is 11.8 Å². The Morgan fingerprint density at radius 1 is 1.30 bits per heavy atom. The molecule has 20 heavy (non-hydrogen) atoms. The molecule has 0 bridgehead atoms. The minimum Gasteiger partial charge on any atom is -0.311 e. The fourth-order valence-corrected chi connectivity index (χ4v) is 3.47. The predicted octanol–water partition coefficient (Wildman–Crippen LogP) is 3.03. The van der Waals surface area contributed by atoms with Crippen molar-refractivity contribution in [3.8, 4) is 0 Å². The minimum absolute atomic E-state index is 0.279. The van der Waals surface area contributed by atoms with Crippen LogP contribution in [0.5, 0.6) is 0 Å². The summed E-state index contributed by atoms with van der Waals surface area (Å²) in [6.45, 7) is 10.4. The van der Waals surface area contributed by atoms with Crippen LogP contribution in [-0.2, 0) is 6.42 Å². The van der Waals surface area contributed by atoms with E-state index >= 15 is 0 Å². The fourth-order valence-electron chi connectivity index (χ4n) is 2.83. The van der Waals surface area contributed by atoms with Crippen molar-refractivity contribution in [2.24, 2.45) is 0 Å². The van der Waals surface area contributed by atoms with E-state index in [2.05, 4.69) is 61.3 Å². The first-order chi connectivity index (χ1) is 9.62. The Hall–Kier alpha value is -0.510. The van der Waals surface area contributed by atoms with Gasteiger partial charge in [-0.1, -0.05) is 37.3 Å². The molecule has 2 nitrogen and oxygen atoms in total. The zero-order chi connectivity index (χ0) is 14.4. The van der Waals surface area contributed by atoms with Crippen molar-refractivity contribution in [1.29, 1.82) is 0 Å². The summed E-state index contributed by atoms with van der Waals surface area (Å²) in [6.07, 6.45) is 1.13. The summed E-state index contributed by atoms with van der Waals surface area (Å²) in [6, 6.07) is 11.4. The maximum absolute atomic E-state index is 3.73. The van der Waals surface area contributed by atoms with E-state index < -0.39 is 0 Å². The van der Waals surface area contributed by atoms with Crippen LogP contribution in [0.2, 0.25) is 0 Å². The van der Waals surface area contributed by atoms with Crippen molar-refractivity contribution < 1.29 is 0 Å². The highest BCUT2D eigenvalue weighted by Crippen LogP contribution is 2.20. The number of rotatable bonds is 6. The van der Waals surface area contributed by atoms with Gasteiger partial charge in [0.25, 0.3) is 0 Å². The van der Waals surface area contributed by atoms with E-state index in [9.17, 15) is 0 Å². The molecule has 1 aromatic rings. The lowest BCUT2D eigenvalue weighted by Crippen LogP contribution is -2.62. The Bertz CT molecular complexity index is 391. The number of nitrogens with zero attached hydrogens (tertiary/aromatic N) is 1. The first-order valence-corrected chi connectivity index (χ1v) is 8.87. The molecule has 1 atom stereocenters. The van der Waals surface area contributed by atoms with Crippen LogP contribution in [0, 0.1) is 0 Å². The number of piperazine rings is 1. The zero-order valence-electron chi connectivity index (χ0n) is 13.1. The number of benzene rings is 1. The molecule has 1 saturated heterocycles. The average molecular weight is 292 g/mol. The molecule has 1 N–H and O–H groups in total. The highest BCUT2D eigenvalue weighted by atomic mass is 32.2. The molecule has 0 saturated carbocycles. The molecule has 0 amide bonds. The van der Waals surface area contributed by atoms with Gasteiger partial charge in [-0.3, -0.25) is 4.90 Å². The highest BCUT2D eigenvalue weighted by molar-refractivity contribution is 7.99. The van der Waals surface area contributed by atoms with Crippen molar-refractivity contribution in [1.82, 2.24) is 10.2 Å². The molecule has 0 aromatic heterocycles. The zero-order valence-corrected chi connectivity index (χ0v) is 13.9. The summed E-state index contributed by atoms with van der Waals surface area (Å²) in [5, 5.41) is 3.73. The summed E-state index contributed by atoms with van der Waals surface area (Å²) < 4.78 is 0. The van der Waals surface area contributed by atoms with E-state index in [0.717, 1.165) is 19.5 Å². The van der Waals surface area contributed by atoms with Gasteiger partial charge in [-0.05, 0) is 31.6 Å². The first-order valence-electron chi connectivity index (χ1n) is 7.72. The van der Waals surface area contributed by atoms with E-state index in [-0.39, 0.29) is 5.54 Å². The molecule has 1 aliphatic heterocycles. The van der Waals surface area contributed by atoms with Crippen molar-refractivity contribution in [3.05, 3.63) is 35.9 Å². The molecule has 1 heterocycles. The molecule has 0 aliphatic carbocycles. The smallest absolute Gasteiger partial charge is 0.0278 e. The highest BCUT2D eigenvalue weighted by Gasteiger charge is 2.33. The molecule has 2 rings (SSSR count). The van der Waals surface area contributed by atoms with Gasteiger partial charge < -0.3 is 5.32 Å². The predicted molar refractivity (Wildman–Crippen MR) is 90.6 cm³/mol. The summed E-state index contributed by atoms with van der Waals surface area (Å²) in [5.74, 6) is 2.47. The third-order valence-corrected chi connectivity index (χ3v) is 5.03. The molecule has 3 heteroatoms. The lowest BCUT2D eigenvalue weighted by Gasteiger charge is -2.46. The molecule has 0 radical (unpaired) electrons. The van der Waals surface area contributed by atoms with Gasteiger partial charge in [0.2, 0.25) is 0 Å². The molecule has 112 valence electrons. The van der Waals surface area contributed by atoms with Gasteiger partial charge in [-0.15, -0.1) is 0 Å². The molecule has 1 unspecified atom stereocenters. The van der Waals surface area contributed by atoms with Crippen LogP contribution in [0.4, 0.5) is 0 Å². The second-order valence-corrected chi connectivity index (χ2v) is 7.62. The Labute approximate surface area is 128 Å². The monoisotopic (exact) mass is 292 g/mol. The van der Waals surface area contributed by atoms with Gasteiger partial charge in [-0.2, -0.15) is 11.8 Å². The van der Waals surface area contributed by atoms with Crippen LogP contribution in [0.15, 0.2) is 30.3 Å². The standard InChI is InChI=1S/C17H28N2S/c1-4-20-11-10-19-13-16(18-14-17(19,2)3)12-15-8-6-5-7-9-15/h5-9,16,18H,4,10-14H2,1-3H3. The quantitative estimate of drug-likeness (QED) is 0.811. The second kappa shape index (κ2) is 7.48. The van der Waals surface area contributed by atoms with Gasteiger partial charge >= 0.3 is 0 Å². The van der Waals surface area contributed by atoms with Crippen LogP contribution in [-0.4, -0.2) is 47.6 Å². The summed E-state index contributed by atoms with van der Waals surface area (Å²) in [4.78, 5) is 2.67. The van der Waals surface area contributed by atoms with Crippen LogP contribution >= 0.6 is 11.8 Å². The molecular formula is C17H28N2S. The largest absolute Gasteiger partial charge is 0.311 e. The lowest BCUT2D eigenvalue weighted by molar-refractivity contribution is 0.0730. The summed E-state index contributed by atoms with van der Waals surface area (Å²) >= 11 is 2.05.